The molecule has 0 N–H and O–H groups in total. The summed E-state index contributed by atoms with van der Waals surface area (Å²) in [7, 11) is 0. The first-order valence-corrected chi connectivity index (χ1v) is 11.5. The minimum Gasteiger partial charge on any atom is -0.292 e. The van der Waals surface area contributed by atoms with Crippen LogP contribution in [-0.4, -0.2) is 16.5 Å². The second kappa shape index (κ2) is 7.95. The van der Waals surface area contributed by atoms with Gasteiger partial charge in [0.05, 0.1) is 17.1 Å². The topological polar surface area (TPSA) is 48.3 Å². The second-order valence-corrected chi connectivity index (χ2v) is 9.08. The molecule has 2 aliphatic heterocycles. The first kappa shape index (κ1) is 20.5. The van der Waals surface area contributed by atoms with Crippen molar-refractivity contribution in [1.29, 1.82) is 0 Å². The zero-order chi connectivity index (χ0) is 22.3. The molecule has 5 nitrogen and oxygen atoms in total. The minimum atomic E-state index is -0.856. The van der Waals surface area contributed by atoms with Gasteiger partial charge >= 0.3 is 0 Å². The van der Waals surface area contributed by atoms with Gasteiger partial charge in [-0.15, -0.1) is 0 Å². The molecular weight excluding hydrogens is 416 g/mol. The predicted molar refractivity (Wildman–Crippen MR) is 133 cm³/mol. The Hall–Kier alpha value is -3.38. The summed E-state index contributed by atoms with van der Waals surface area (Å²) in [6.45, 7) is 5.75. The fourth-order valence-electron chi connectivity index (χ4n) is 4.23. The third kappa shape index (κ3) is 3.14. The maximum absolute atomic E-state index is 12.6. The number of rotatable bonds is 4. The molecule has 0 saturated heterocycles. The lowest BCUT2D eigenvalue weighted by Gasteiger charge is -2.47. The smallest absolute Gasteiger partial charge is 0.234 e. The highest BCUT2D eigenvalue weighted by atomic mass is 32.2. The van der Waals surface area contributed by atoms with Crippen LogP contribution < -0.4 is 10.0 Å². The van der Waals surface area contributed by atoms with Crippen molar-refractivity contribution < 1.29 is 4.79 Å². The Bertz CT molecular complexity index is 1250. The number of hydrogen-bond acceptors (Lipinski definition) is 6. The summed E-state index contributed by atoms with van der Waals surface area (Å²) in [6.07, 6.45) is 0.798. The SMILES string of the molecule is CCC1=NN(c2ccccc2)C2(SC(C(C)=O)=NN2c2cccc(C)c2)c2ccccc21. The van der Waals surface area contributed by atoms with Crippen molar-refractivity contribution >= 4 is 39.7 Å². The normalized spacial score (nSPS) is 19.6. The van der Waals surface area contributed by atoms with Crippen molar-refractivity contribution in [3.8, 4) is 0 Å². The Morgan fingerprint density at radius 1 is 0.906 bits per heavy atom. The number of para-hydroxylation sites is 1. The standard InChI is InChI=1S/C26H24N4OS/c1-4-24-22-15-8-9-16-23(22)26(29(27-24)20-12-6-5-7-13-20)30(28-25(32-26)19(3)31)21-14-10-11-18(2)17-21/h5-17H,4H2,1-3H3. The summed E-state index contributed by atoms with van der Waals surface area (Å²) < 4.78 is 0. The summed E-state index contributed by atoms with van der Waals surface area (Å²) in [5.74, 6) is -0.0553. The Labute approximate surface area is 192 Å². The van der Waals surface area contributed by atoms with Gasteiger partial charge in [-0.3, -0.25) is 4.79 Å². The van der Waals surface area contributed by atoms with E-state index in [2.05, 4.69) is 38.1 Å². The molecule has 1 unspecified atom stereocenters. The Balaban J connectivity index is 1.83. The van der Waals surface area contributed by atoms with Crippen LogP contribution >= 0.6 is 11.8 Å². The molecule has 0 saturated carbocycles. The van der Waals surface area contributed by atoms with Gasteiger partial charge in [-0.25, -0.2) is 10.0 Å². The molecule has 0 bridgehead atoms. The molecule has 6 heteroatoms. The van der Waals surface area contributed by atoms with E-state index in [-0.39, 0.29) is 5.78 Å². The first-order chi connectivity index (χ1) is 15.5. The van der Waals surface area contributed by atoms with Crippen molar-refractivity contribution in [3.63, 3.8) is 0 Å². The summed E-state index contributed by atoms with van der Waals surface area (Å²) in [5, 5.41) is 14.5. The number of hydrazone groups is 2. The number of ketones is 1. The molecular formula is C26H24N4OS. The maximum Gasteiger partial charge on any atom is 0.234 e. The second-order valence-electron chi connectivity index (χ2n) is 7.92. The molecule has 0 aromatic heterocycles. The van der Waals surface area contributed by atoms with E-state index in [1.807, 2.05) is 64.6 Å². The van der Waals surface area contributed by atoms with Crippen LogP contribution in [-0.2, 0) is 9.79 Å². The lowest BCUT2D eigenvalue weighted by atomic mass is 9.96. The van der Waals surface area contributed by atoms with Crippen LogP contribution in [0.25, 0.3) is 0 Å². The predicted octanol–water partition coefficient (Wildman–Crippen LogP) is 5.90. The number of hydrogen-bond donors (Lipinski definition) is 0. The van der Waals surface area contributed by atoms with Gasteiger partial charge in [0.2, 0.25) is 4.99 Å². The molecule has 0 radical (unpaired) electrons. The van der Waals surface area contributed by atoms with Gasteiger partial charge in [0.15, 0.2) is 10.8 Å². The largest absolute Gasteiger partial charge is 0.292 e. The molecule has 160 valence electrons. The van der Waals surface area contributed by atoms with Crippen molar-refractivity contribution in [3.05, 3.63) is 95.6 Å². The minimum absolute atomic E-state index is 0.0553. The molecule has 2 aliphatic rings. The molecule has 1 atom stereocenters. The number of Topliss-reactive ketones (excluding diaryl/α,β-unsaturated/α-hetero) is 1. The number of carbonyl (C=O) groups excluding carboxylic acids is 1. The molecule has 0 amide bonds. The van der Waals surface area contributed by atoms with Gasteiger partial charge in [0.1, 0.15) is 0 Å². The number of benzene rings is 3. The van der Waals surface area contributed by atoms with Crippen LogP contribution in [0.3, 0.4) is 0 Å². The molecule has 0 aliphatic carbocycles. The summed E-state index contributed by atoms with van der Waals surface area (Å²) in [6, 6.07) is 26.7. The fraction of sp³-hybridized carbons (Fsp3) is 0.192. The molecule has 3 aromatic carbocycles. The van der Waals surface area contributed by atoms with E-state index < -0.39 is 4.99 Å². The van der Waals surface area contributed by atoms with Crippen LogP contribution in [0.4, 0.5) is 11.4 Å². The number of fused-ring (bicyclic) bond motifs is 2. The highest BCUT2D eigenvalue weighted by Gasteiger charge is 2.55. The first-order valence-electron chi connectivity index (χ1n) is 10.7. The summed E-state index contributed by atoms with van der Waals surface area (Å²) >= 11 is 1.45. The van der Waals surface area contributed by atoms with Gasteiger partial charge in [0.25, 0.3) is 0 Å². The van der Waals surface area contributed by atoms with E-state index in [1.54, 1.807) is 6.92 Å². The highest BCUT2D eigenvalue weighted by Crippen LogP contribution is 2.54. The van der Waals surface area contributed by atoms with Crippen LogP contribution in [0, 0.1) is 6.92 Å². The third-order valence-corrected chi connectivity index (χ3v) is 7.11. The number of anilines is 2. The number of aryl methyl sites for hydroxylation is 1. The number of carbonyl (C=O) groups is 1. The van der Waals surface area contributed by atoms with Crippen molar-refractivity contribution in [2.45, 2.75) is 32.2 Å². The van der Waals surface area contributed by atoms with Gasteiger partial charge in [0, 0.05) is 18.1 Å². The van der Waals surface area contributed by atoms with E-state index in [0.717, 1.165) is 40.2 Å². The van der Waals surface area contributed by atoms with Crippen LogP contribution in [0.15, 0.2) is 89.1 Å². The Morgan fingerprint density at radius 3 is 2.31 bits per heavy atom. The maximum atomic E-state index is 12.6. The van der Waals surface area contributed by atoms with Crippen LogP contribution in [0.2, 0.25) is 0 Å². The lowest BCUT2D eigenvalue weighted by Crippen LogP contribution is -2.53. The quantitative estimate of drug-likeness (QED) is 0.507. The van der Waals surface area contributed by atoms with Gasteiger partial charge in [-0.1, -0.05) is 61.5 Å². The number of thioether (sulfide) groups is 1. The fourth-order valence-corrected chi connectivity index (χ4v) is 5.52. The van der Waals surface area contributed by atoms with Gasteiger partial charge < -0.3 is 0 Å². The van der Waals surface area contributed by atoms with E-state index in [1.165, 1.54) is 11.8 Å². The van der Waals surface area contributed by atoms with Gasteiger partial charge in [-0.2, -0.15) is 10.2 Å². The average Bonchev–Trinajstić information content (AvgIpc) is 3.22. The molecule has 3 aromatic rings. The van der Waals surface area contributed by atoms with Crippen molar-refractivity contribution in [2.75, 3.05) is 10.0 Å². The summed E-state index contributed by atoms with van der Waals surface area (Å²) in [4.78, 5) is 11.7. The van der Waals surface area contributed by atoms with E-state index in [4.69, 9.17) is 10.2 Å². The zero-order valence-electron chi connectivity index (χ0n) is 18.3. The summed E-state index contributed by atoms with van der Waals surface area (Å²) in [5.41, 5.74) is 6.16. The molecule has 32 heavy (non-hydrogen) atoms. The monoisotopic (exact) mass is 440 g/mol. The van der Waals surface area contributed by atoms with Crippen molar-refractivity contribution in [2.24, 2.45) is 10.2 Å². The van der Waals surface area contributed by atoms with E-state index in [9.17, 15) is 4.79 Å². The number of nitrogens with zero attached hydrogens (tertiary/aromatic N) is 4. The molecule has 1 spiro atoms. The van der Waals surface area contributed by atoms with E-state index >= 15 is 0 Å². The molecule has 2 heterocycles. The van der Waals surface area contributed by atoms with E-state index in [0.29, 0.717) is 5.04 Å². The van der Waals surface area contributed by atoms with Crippen molar-refractivity contribution in [1.82, 2.24) is 0 Å². The highest BCUT2D eigenvalue weighted by molar-refractivity contribution is 8.17. The van der Waals surface area contributed by atoms with Gasteiger partial charge in [-0.05, 0) is 54.9 Å². The Kier molecular flexibility index (Phi) is 5.10. The van der Waals surface area contributed by atoms with Crippen LogP contribution in [0.5, 0.6) is 0 Å². The zero-order valence-corrected chi connectivity index (χ0v) is 19.1. The lowest BCUT2D eigenvalue weighted by molar-refractivity contribution is -0.110. The molecule has 0 fully saturated rings. The average molecular weight is 441 g/mol. The third-order valence-electron chi connectivity index (χ3n) is 5.70. The Morgan fingerprint density at radius 2 is 1.59 bits per heavy atom. The van der Waals surface area contributed by atoms with Crippen LogP contribution in [0.1, 0.15) is 37.0 Å². The molecule has 5 rings (SSSR count).